The maximum absolute atomic E-state index is 2.41. The van der Waals surface area contributed by atoms with Crippen molar-refractivity contribution in [3.05, 3.63) is 231 Å². The highest BCUT2D eigenvalue weighted by Gasteiger charge is 2.15. The molecule has 0 nitrogen and oxygen atoms in total. The van der Waals surface area contributed by atoms with Crippen molar-refractivity contribution in [3.63, 3.8) is 0 Å². The van der Waals surface area contributed by atoms with Gasteiger partial charge in [-0.15, -0.1) is 22.7 Å². The Bertz CT molecular complexity index is 3240. The molecule has 0 aliphatic heterocycles. The molecule has 0 radical (unpaired) electrons. The van der Waals surface area contributed by atoms with Crippen LogP contribution in [0, 0.1) is 0 Å². The predicted octanol–water partition coefficient (Wildman–Crippen LogP) is 18.1. The van der Waals surface area contributed by atoms with Gasteiger partial charge in [-0.2, -0.15) is 0 Å². The Morgan fingerprint density at radius 2 is 0.371 bits per heavy atom. The summed E-state index contributed by atoms with van der Waals surface area (Å²) in [5, 5.41) is 5.21. The van der Waals surface area contributed by atoms with Crippen molar-refractivity contribution in [1.82, 2.24) is 0 Å². The summed E-state index contributed by atoms with van der Waals surface area (Å²) in [7, 11) is 0. The summed E-state index contributed by atoms with van der Waals surface area (Å²) < 4.78 is 5.23. The van der Waals surface area contributed by atoms with Crippen LogP contribution in [0.1, 0.15) is 0 Å². The van der Waals surface area contributed by atoms with E-state index in [2.05, 4.69) is 231 Å². The van der Waals surface area contributed by atoms with Crippen LogP contribution in [0.4, 0.5) is 0 Å². The summed E-state index contributed by atoms with van der Waals surface area (Å²) in [6, 6.07) is 85.0. The van der Waals surface area contributed by atoms with Crippen LogP contribution in [-0.2, 0) is 0 Å². The van der Waals surface area contributed by atoms with E-state index in [4.69, 9.17) is 0 Å². The van der Waals surface area contributed by atoms with Crippen LogP contribution in [0.2, 0.25) is 0 Å². The molecule has 0 N–H and O–H groups in total. The Hall–Kier alpha value is -7.36. The molecule has 62 heavy (non-hydrogen) atoms. The van der Waals surface area contributed by atoms with Crippen molar-refractivity contribution in [2.45, 2.75) is 0 Å². The van der Waals surface area contributed by atoms with Gasteiger partial charge < -0.3 is 0 Å². The van der Waals surface area contributed by atoms with Crippen LogP contribution < -0.4 is 0 Å². The molecule has 0 spiro atoms. The Balaban J connectivity index is 0.948. The van der Waals surface area contributed by atoms with E-state index in [1.54, 1.807) is 0 Å². The van der Waals surface area contributed by atoms with E-state index in [-0.39, 0.29) is 0 Å². The van der Waals surface area contributed by atoms with Crippen LogP contribution in [0.15, 0.2) is 231 Å². The number of benzene rings is 10. The summed E-state index contributed by atoms with van der Waals surface area (Å²) >= 11 is 3.75. The lowest BCUT2D eigenvalue weighted by atomic mass is 9.92. The molecule has 10 aromatic carbocycles. The SMILES string of the molecule is c1ccc(-c2cc(-c3ccccc3)cc(-c3ccc4sc5ccc(-c6ccc7sc8ccc(-c9cc(-c%10ccccc%10)cc(-c%10ccccc%10)c9)cc8c7c6)cc5c4c3)c2)cc1. The molecule has 0 saturated carbocycles. The molecule has 0 unspecified atom stereocenters. The van der Waals surface area contributed by atoms with E-state index in [9.17, 15) is 0 Å². The number of fused-ring (bicyclic) bond motifs is 6. The van der Waals surface area contributed by atoms with Crippen molar-refractivity contribution in [1.29, 1.82) is 0 Å². The van der Waals surface area contributed by atoms with Gasteiger partial charge in [-0.3, -0.25) is 0 Å². The van der Waals surface area contributed by atoms with Gasteiger partial charge in [-0.05, 0) is 163 Å². The first kappa shape index (κ1) is 36.5. The van der Waals surface area contributed by atoms with Gasteiger partial charge in [-0.1, -0.05) is 146 Å². The Labute approximate surface area is 369 Å². The van der Waals surface area contributed by atoms with Crippen molar-refractivity contribution in [2.24, 2.45) is 0 Å². The van der Waals surface area contributed by atoms with E-state index >= 15 is 0 Å². The minimum atomic E-state index is 1.22. The van der Waals surface area contributed by atoms with Gasteiger partial charge in [0.2, 0.25) is 0 Å². The number of hydrogen-bond acceptors (Lipinski definition) is 2. The molecule has 2 aromatic heterocycles. The topological polar surface area (TPSA) is 0 Å². The van der Waals surface area contributed by atoms with Gasteiger partial charge in [0.15, 0.2) is 0 Å². The molecule has 0 amide bonds. The number of rotatable bonds is 7. The quantitative estimate of drug-likeness (QED) is 0.150. The zero-order chi connectivity index (χ0) is 41.0. The van der Waals surface area contributed by atoms with Crippen LogP contribution in [0.3, 0.4) is 0 Å². The van der Waals surface area contributed by atoms with Crippen molar-refractivity contribution < 1.29 is 0 Å². The van der Waals surface area contributed by atoms with Crippen molar-refractivity contribution in [2.75, 3.05) is 0 Å². The monoisotopic (exact) mass is 822 g/mol. The maximum Gasteiger partial charge on any atom is 0.0355 e. The lowest BCUT2D eigenvalue weighted by Gasteiger charge is -2.12. The minimum absolute atomic E-state index is 1.22. The molecule has 0 bridgehead atoms. The van der Waals surface area contributed by atoms with E-state index in [1.165, 1.54) is 118 Å². The first-order valence-electron chi connectivity index (χ1n) is 21.1. The second-order valence-corrected chi connectivity index (χ2v) is 18.3. The summed E-state index contributed by atoms with van der Waals surface area (Å²) in [5.41, 5.74) is 17.1. The zero-order valence-electron chi connectivity index (χ0n) is 33.8. The van der Waals surface area contributed by atoms with Crippen LogP contribution in [0.5, 0.6) is 0 Å². The fourth-order valence-corrected chi connectivity index (χ4v) is 11.2. The fourth-order valence-electron chi connectivity index (χ4n) is 9.05. The Kier molecular flexibility index (Phi) is 8.99. The van der Waals surface area contributed by atoms with Crippen LogP contribution >= 0.6 is 22.7 Å². The van der Waals surface area contributed by atoms with Crippen molar-refractivity contribution in [3.8, 4) is 77.9 Å². The first-order chi connectivity index (χ1) is 30.7. The van der Waals surface area contributed by atoms with E-state index < -0.39 is 0 Å². The van der Waals surface area contributed by atoms with Gasteiger partial charge in [-0.25, -0.2) is 0 Å². The number of thiophene rings is 2. The summed E-state index contributed by atoms with van der Waals surface area (Å²) in [6.07, 6.45) is 0. The second-order valence-electron chi connectivity index (χ2n) is 16.1. The molecule has 2 heterocycles. The molecule has 0 saturated heterocycles. The minimum Gasteiger partial charge on any atom is -0.135 e. The van der Waals surface area contributed by atoms with Crippen molar-refractivity contribution >= 4 is 63.0 Å². The molecule has 0 atom stereocenters. The Morgan fingerprint density at radius 3 is 0.613 bits per heavy atom. The van der Waals surface area contributed by atoms with Gasteiger partial charge in [0, 0.05) is 40.3 Å². The molecule has 12 aromatic rings. The molecule has 2 heteroatoms. The highest BCUT2D eigenvalue weighted by Crippen LogP contribution is 2.43. The van der Waals surface area contributed by atoms with E-state index in [0.29, 0.717) is 0 Å². The van der Waals surface area contributed by atoms with Crippen LogP contribution in [0.25, 0.3) is 118 Å². The zero-order valence-corrected chi connectivity index (χ0v) is 35.4. The van der Waals surface area contributed by atoms with Crippen LogP contribution in [-0.4, -0.2) is 0 Å². The molecular formula is C60H38S2. The van der Waals surface area contributed by atoms with E-state index in [0.717, 1.165) is 0 Å². The smallest absolute Gasteiger partial charge is 0.0355 e. The van der Waals surface area contributed by atoms with Gasteiger partial charge >= 0.3 is 0 Å². The Morgan fingerprint density at radius 1 is 0.161 bits per heavy atom. The highest BCUT2D eigenvalue weighted by molar-refractivity contribution is 7.26. The van der Waals surface area contributed by atoms with Gasteiger partial charge in [0.05, 0.1) is 0 Å². The first-order valence-corrected chi connectivity index (χ1v) is 22.8. The van der Waals surface area contributed by atoms with Gasteiger partial charge in [0.25, 0.3) is 0 Å². The molecule has 290 valence electrons. The van der Waals surface area contributed by atoms with Gasteiger partial charge in [0.1, 0.15) is 0 Å². The average Bonchev–Trinajstić information content (AvgIpc) is 3.91. The summed E-state index contributed by atoms with van der Waals surface area (Å²) in [4.78, 5) is 0. The fraction of sp³-hybridized carbons (Fsp3) is 0. The third kappa shape index (κ3) is 6.71. The molecule has 12 rings (SSSR count). The maximum atomic E-state index is 2.41. The molecule has 0 fully saturated rings. The standard InChI is InChI=1S/C60H38S2/c1-5-13-39(14-6-1)47-29-48(40-15-7-2-8-16-40)32-51(31-47)45-23-27-59-55(37-45)53-35-43(21-25-57(53)61-59)44-22-26-58-54(36-44)56-38-46(24-28-60(56)62-58)52-33-49(41-17-9-3-10-18-41)30-50(34-52)42-19-11-4-12-20-42/h1-38H. The lowest BCUT2D eigenvalue weighted by molar-refractivity contribution is 1.57. The normalized spacial score (nSPS) is 11.5. The third-order valence-corrected chi connectivity index (χ3v) is 14.5. The molecule has 0 aliphatic rings. The second kappa shape index (κ2) is 15.3. The molecule has 0 aliphatic carbocycles. The molecular weight excluding hydrogens is 785 g/mol. The average molecular weight is 823 g/mol. The predicted molar refractivity (Wildman–Crippen MR) is 270 cm³/mol. The third-order valence-electron chi connectivity index (χ3n) is 12.2. The summed E-state index contributed by atoms with van der Waals surface area (Å²) in [6.45, 7) is 0. The summed E-state index contributed by atoms with van der Waals surface area (Å²) in [5.74, 6) is 0. The van der Waals surface area contributed by atoms with E-state index in [1.807, 2.05) is 22.7 Å². The largest absolute Gasteiger partial charge is 0.135 e. The number of hydrogen-bond donors (Lipinski definition) is 0. The highest BCUT2D eigenvalue weighted by atomic mass is 32.1. The lowest BCUT2D eigenvalue weighted by Crippen LogP contribution is -1.86.